The summed E-state index contributed by atoms with van der Waals surface area (Å²) in [6, 6.07) is 5.31. The van der Waals surface area contributed by atoms with Crippen molar-refractivity contribution in [2.24, 2.45) is 11.7 Å². The Morgan fingerprint density at radius 2 is 1.88 bits per heavy atom. The molecule has 3 rings (SSSR count). The number of likely N-dealkylation sites (tertiary alicyclic amines) is 1. The highest BCUT2D eigenvalue weighted by Crippen LogP contribution is 2.27. The van der Waals surface area contributed by atoms with E-state index >= 15 is 0 Å². The summed E-state index contributed by atoms with van der Waals surface area (Å²) >= 11 is 0. The number of carbonyl (C=O) groups is 2. The van der Waals surface area contributed by atoms with E-state index in [0.717, 1.165) is 25.7 Å². The van der Waals surface area contributed by atoms with E-state index in [0.29, 0.717) is 18.8 Å². The average molecular weight is 371 g/mol. The van der Waals surface area contributed by atoms with Gasteiger partial charge in [0, 0.05) is 36.8 Å². The van der Waals surface area contributed by atoms with Crippen LogP contribution in [0.15, 0.2) is 24.3 Å². The maximum atomic E-state index is 12.8. The lowest BCUT2D eigenvalue weighted by Crippen LogP contribution is -2.41. The molecule has 2 aliphatic rings. The third-order valence-electron chi connectivity index (χ3n) is 4.76. The monoisotopic (exact) mass is 370 g/mol. The van der Waals surface area contributed by atoms with E-state index in [1.807, 2.05) is 4.90 Å². The molecule has 0 aromatic heterocycles. The van der Waals surface area contributed by atoms with Crippen LogP contribution >= 0.6 is 12.4 Å². The van der Waals surface area contributed by atoms with Gasteiger partial charge in [0.15, 0.2) is 0 Å². The quantitative estimate of drug-likeness (QED) is 0.761. The Bertz CT molecular complexity index is 613. The predicted octanol–water partition coefficient (Wildman–Crippen LogP) is 2.10. The van der Waals surface area contributed by atoms with Gasteiger partial charge in [-0.15, -0.1) is 12.4 Å². The normalized spacial score (nSPS) is 25.4. The number of rotatable bonds is 3. The summed E-state index contributed by atoms with van der Waals surface area (Å²) in [5.74, 6) is -0.157. The SMILES string of the molecule is Cl.NC1CCC(C(=O)N2CCC(NC(=O)Nc3ccc(F)cc3)C2)C1. The van der Waals surface area contributed by atoms with E-state index < -0.39 is 0 Å². The molecule has 25 heavy (non-hydrogen) atoms. The summed E-state index contributed by atoms with van der Waals surface area (Å²) in [6.45, 7) is 1.19. The van der Waals surface area contributed by atoms with Crippen LogP contribution in [0.5, 0.6) is 0 Å². The van der Waals surface area contributed by atoms with Crippen molar-refractivity contribution in [3.8, 4) is 0 Å². The van der Waals surface area contributed by atoms with Gasteiger partial charge >= 0.3 is 6.03 Å². The van der Waals surface area contributed by atoms with Gasteiger partial charge in [0.25, 0.3) is 0 Å². The minimum Gasteiger partial charge on any atom is -0.340 e. The molecule has 138 valence electrons. The van der Waals surface area contributed by atoms with Gasteiger partial charge in [0.05, 0.1) is 0 Å². The zero-order valence-corrected chi connectivity index (χ0v) is 14.7. The Balaban J connectivity index is 0.00000225. The zero-order chi connectivity index (χ0) is 17.1. The van der Waals surface area contributed by atoms with Gasteiger partial charge in [0.1, 0.15) is 5.82 Å². The first kappa shape index (κ1) is 19.5. The number of halogens is 2. The Hall–Kier alpha value is -1.86. The standard InChI is InChI=1S/C17H23FN4O2.ClH/c18-12-2-5-14(6-3-12)20-17(24)21-15-7-8-22(10-15)16(23)11-1-4-13(19)9-11;/h2-3,5-6,11,13,15H,1,4,7-10,19H2,(H2,20,21,24);1H. The van der Waals surface area contributed by atoms with Crippen LogP contribution < -0.4 is 16.4 Å². The molecule has 1 saturated heterocycles. The largest absolute Gasteiger partial charge is 0.340 e. The number of benzene rings is 1. The summed E-state index contributed by atoms with van der Waals surface area (Å²) in [5, 5.41) is 5.53. The average Bonchev–Trinajstić information content (AvgIpc) is 3.18. The molecule has 0 spiro atoms. The fraction of sp³-hybridized carbons (Fsp3) is 0.529. The number of urea groups is 1. The molecule has 3 amide bonds. The zero-order valence-electron chi connectivity index (χ0n) is 13.9. The maximum Gasteiger partial charge on any atom is 0.319 e. The van der Waals surface area contributed by atoms with E-state index in [2.05, 4.69) is 10.6 Å². The minimum atomic E-state index is -0.350. The van der Waals surface area contributed by atoms with Gasteiger partial charge in [-0.05, 0) is 49.9 Å². The molecule has 3 atom stereocenters. The minimum absolute atomic E-state index is 0. The van der Waals surface area contributed by atoms with Crippen molar-refractivity contribution in [2.75, 3.05) is 18.4 Å². The first-order valence-corrected chi connectivity index (χ1v) is 8.38. The number of nitrogens with one attached hydrogen (secondary N) is 2. The third-order valence-corrected chi connectivity index (χ3v) is 4.76. The first-order chi connectivity index (χ1) is 11.5. The molecule has 1 aliphatic carbocycles. The lowest BCUT2D eigenvalue weighted by molar-refractivity contribution is -0.134. The number of nitrogens with two attached hydrogens (primary N) is 1. The van der Waals surface area contributed by atoms with Crippen molar-refractivity contribution in [1.29, 1.82) is 0 Å². The van der Waals surface area contributed by atoms with Crippen molar-refractivity contribution in [2.45, 2.75) is 37.8 Å². The van der Waals surface area contributed by atoms with Crippen LogP contribution in [-0.4, -0.2) is 42.0 Å². The van der Waals surface area contributed by atoms with Gasteiger partial charge in [0.2, 0.25) is 5.91 Å². The molecular formula is C17H24ClFN4O2. The third kappa shape index (κ3) is 5.06. The molecule has 6 nitrogen and oxygen atoms in total. The van der Waals surface area contributed by atoms with Crippen molar-refractivity contribution in [3.05, 3.63) is 30.1 Å². The number of hydrogen-bond donors (Lipinski definition) is 3. The lowest BCUT2D eigenvalue weighted by Gasteiger charge is -2.21. The Morgan fingerprint density at radius 1 is 1.16 bits per heavy atom. The number of nitrogens with zero attached hydrogens (tertiary/aromatic N) is 1. The Kier molecular flexibility index (Phi) is 6.61. The molecule has 1 saturated carbocycles. The maximum absolute atomic E-state index is 12.8. The van der Waals surface area contributed by atoms with Crippen LogP contribution in [0.1, 0.15) is 25.7 Å². The van der Waals surface area contributed by atoms with E-state index in [4.69, 9.17) is 5.73 Å². The van der Waals surface area contributed by atoms with Crippen molar-refractivity contribution in [3.63, 3.8) is 0 Å². The summed E-state index contributed by atoms with van der Waals surface area (Å²) in [6.07, 6.45) is 3.27. The second-order valence-electron chi connectivity index (χ2n) is 6.65. The van der Waals surface area contributed by atoms with Gasteiger partial charge in [-0.1, -0.05) is 0 Å². The number of carbonyl (C=O) groups excluding carboxylic acids is 2. The second-order valence-corrected chi connectivity index (χ2v) is 6.65. The molecule has 8 heteroatoms. The molecular weight excluding hydrogens is 347 g/mol. The van der Waals surface area contributed by atoms with Crippen LogP contribution in [0, 0.1) is 11.7 Å². The van der Waals surface area contributed by atoms with Crippen molar-refractivity contribution < 1.29 is 14.0 Å². The highest BCUT2D eigenvalue weighted by atomic mass is 35.5. The van der Waals surface area contributed by atoms with Crippen LogP contribution in [0.2, 0.25) is 0 Å². The summed E-state index contributed by atoms with van der Waals surface area (Å²) < 4.78 is 12.8. The van der Waals surface area contributed by atoms with E-state index in [-0.39, 0.29) is 48.2 Å². The highest BCUT2D eigenvalue weighted by Gasteiger charge is 2.34. The molecule has 1 aromatic carbocycles. The summed E-state index contributed by atoms with van der Waals surface area (Å²) in [7, 11) is 0. The highest BCUT2D eigenvalue weighted by molar-refractivity contribution is 5.89. The van der Waals surface area contributed by atoms with E-state index in [1.54, 1.807) is 0 Å². The first-order valence-electron chi connectivity index (χ1n) is 8.38. The molecule has 1 aromatic rings. The topological polar surface area (TPSA) is 87.5 Å². The number of hydrogen-bond acceptors (Lipinski definition) is 3. The summed E-state index contributed by atoms with van der Waals surface area (Å²) in [5.41, 5.74) is 6.41. The smallest absolute Gasteiger partial charge is 0.319 e. The van der Waals surface area contributed by atoms with Crippen LogP contribution in [-0.2, 0) is 4.79 Å². The molecule has 3 unspecified atom stereocenters. The van der Waals surface area contributed by atoms with Crippen molar-refractivity contribution in [1.82, 2.24) is 10.2 Å². The Morgan fingerprint density at radius 3 is 2.52 bits per heavy atom. The second kappa shape index (κ2) is 8.49. The molecule has 1 aliphatic heterocycles. The van der Waals surface area contributed by atoms with E-state index in [9.17, 15) is 14.0 Å². The van der Waals surface area contributed by atoms with Gasteiger partial charge in [-0.2, -0.15) is 0 Å². The molecule has 4 N–H and O–H groups in total. The van der Waals surface area contributed by atoms with Gasteiger partial charge in [-0.25, -0.2) is 9.18 Å². The molecule has 1 heterocycles. The molecule has 0 radical (unpaired) electrons. The van der Waals surface area contributed by atoms with Crippen LogP contribution in [0.3, 0.4) is 0 Å². The van der Waals surface area contributed by atoms with Crippen LogP contribution in [0.4, 0.5) is 14.9 Å². The predicted molar refractivity (Wildman–Crippen MR) is 96.1 cm³/mol. The number of amides is 3. The van der Waals surface area contributed by atoms with Crippen LogP contribution in [0.25, 0.3) is 0 Å². The lowest BCUT2D eigenvalue weighted by atomic mass is 10.1. The van der Waals surface area contributed by atoms with Gasteiger partial charge in [-0.3, -0.25) is 4.79 Å². The Labute approximate surface area is 152 Å². The number of anilines is 1. The molecule has 0 bridgehead atoms. The van der Waals surface area contributed by atoms with Gasteiger partial charge < -0.3 is 21.3 Å². The fourth-order valence-electron chi connectivity index (χ4n) is 3.46. The fourth-order valence-corrected chi connectivity index (χ4v) is 3.46. The van der Waals surface area contributed by atoms with E-state index in [1.165, 1.54) is 24.3 Å². The van der Waals surface area contributed by atoms with Crippen molar-refractivity contribution >= 4 is 30.0 Å². The summed E-state index contributed by atoms with van der Waals surface area (Å²) in [4.78, 5) is 26.3. The molecule has 2 fully saturated rings.